The Kier molecular flexibility index (Phi) is 2.85. The van der Waals surface area contributed by atoms with Crippen molar-refractivity contribution in [2.45, 2.75) is 47.1 Å². The van der Waals surface area contributed by atoms with Crippen LogP contribution in [0.5, 0.6) is 0 Å². The molecule has 3 heteroatoms. The summed E-state index contributed by atoms with van der Waals surface area (Å²) in [5, 5.41) is 18.9. The van der Waals surface area contributed by atoms with Crippen molar-refractivity contribution in [1.29, 1.82) is 0 Å². The molecule has 2 N–H and O–H groups in total. The van der Waals surface area contributed by atoms with E-state index < -0.39 is 22.4 Å². The first-order valence-corrected chi connectivity index (χ1v) is 4.40. The van der Waals surface area contributed by atoms with Crippen LogP contribution in [0.2, 0.25) is 0 Å². The third-order valence-electron chi connectivity index (χ3n) is 3.63. The van der Waals surface area contributed by atoms with E-state index in [2.05, 4.69) is 0 Å². The standard InChI is InChI=1S/C10H20O3/c1-8(2,7(11)12)9(3,4)10(5,6)13/h13H,1-6H3,(H,11,12). The number of carbonyl (C=O) groups is 1. The Morgan fingerprint density at radius 3 is 1.38 bits per heavy atom. The Morgan fingerprint density at radius 1 is 1.00 bits per heavy atom. The van der Waals surface area contributed by atoms with E-state index >= 15 is 0 Å². The number of carboxylic acid groups (broad SMARTS) is 1. The zero-order valence-corrected chi connectivity index (χ0v) is 9.30. The minimum atomic E-state index is -1.02. The lowest BCUT2D eigenvalue weighted by Gasteiger charge is -2.46. The summed E-state index contributed by atoms with van der Waals surface area (Å²) in [4.78, 5) is 11.0. The second kappa shape index (κ2) is 2.98. The van der Waals surface area contributed by atoms with Gasteiger partial charge in [-0.25, -0.2) is 0 Å². The first-order chi connectivity index (χ1) is 5.44. The highest BCUT2D eigenvalue weighted by atomic mass is 16.4. The minimum Gasteiger partial charge on any atom is -0.481 e. The van der Waals surface area contributed by atoms with E-state index in [1.54, 1.807) is 41.5 Å². The van der Waals surface area contributed by atoms with E-state index in [0.29, 0.717) is 0 Å². The maximum atomic E-state index is 11.0. The second-order valence-electron chi connectivity index (χ2n) is 5.11. The normalized spacial score (nSPS) is 14.4. The average molecular weight is 188 g/mol. The third kappa shape index (κ3) is 1.85. The number of aliphatic carboxylic acids is 1. The Bertz CT molecular complexity index is 209. The van der Waals surface area contributed by atoms with Gasteiger partial charge in [0, 0.05) is 5.41 Å². The number of carboxylic acids is 1. The van der Waals surface area contributed by atoms with Gasteiger partial charge >= 0.3 is 5.97 Å². The van der Waals surface area contributed by atoms with Crippen LogP contribution in [0.4, 0.5) is 0 Å². The van der Waals surface area contributed by atoms with Gasteiger partial charge in [-0.3, -0.25) is 4.79 Å². The molecule has 0 fully saturated rings. The van der Waals surface area contributed by atoms with Crippen LogP contribution in [-0.2, 0) is 4.79 Å². The molecule has 0 spiro atoms. The summed E-state index contributed by atoms with van der Waals surface area (Å²) in [6, 6.07) is 0. The van der Waals surface area contributed by atoms with Gasteiger partial charge in [-0.05, 0) is 27.7 Å². The van der Waals surface area contributed by atoms with E-state index in [1.807, 2.05) is 0 Å². The highest BCUT2D eigenvalue weighted by Crippen LogP contribution is 2.46. The summed E-state index contributed by atoms with van der Waals surface area (Å²) in [7, 11) is 0. The van der Waals surface area contributed by atoms with Gasteiger partial charge in [0.05, 0.1) is 11.0 Å². The molecule has 0 saturated heterocycles. The number of aliphatic hydroxyl groups is 1. The fourth-order valence-electron chi connectivity index (χ4n) is 1.03. The van der Waals surface area contributed by atoms with Crippen molar-refractivity contribution in [3.05, 3.63) is 0 Å². The predicted molar refractivity (Wildman–Crippen MR) is 51.5 cm³/mol. The van der Waals surface area contributed by atoms with E-state index in [9.17, 15) is 9.90 Å². The van der Waals surface area contributed by atoms with Crippen LogP contribution in [0, 0.1) is 10.8 Å². The highest BCUT2D eigenvalue weighted by molar-refractivity contribution is 5.75. The Labute approximate surface area is 79.8 Å². The van der Waals surface area contributed by atoms with Crippen LogP contribution >= 0.6 is 0 Å². The topological polar surface area (TPSA) is 57.5 Å². The van der Waals surface area contributed by atoms with E-state index in [1.165, 1.54) is 0 Å². The molecule has 0 aromatic rings. The maximum absolute atomic E-state index is 11.0. The predicted octanol–water partition coefficient (Wildman–Crippen LogP) is 1.89. The lowest BCUT2D eigenvalue weighted by atomic mass is 9.60. The average Bonchev–Trinajstić information content (AvgIpc) is 1.84. The summed E-state index contributed by atoms with van der Waals surface area (Å²) in [5.74, 6) is -0.889. The second-order valence-corrected chi connectivity index (χ2v) is 5.11. The molecular formula is C10H20O3. The molecule has 0 heterocycles. The van der Waals surface area contributed by atoms with Crippen molar-refractivity contribution in [1.82, 2.24) is 0 Å². The monoisotopic (exact) mass is 188 g/mol. The van der Waals surface area contributed by atoms with Crippen LogP contribution in [0.25, 0.3) is 0 Å². The summed E-state index contributed by atoms with van der Waals surface area (Å²) < 4.78 is 0. The number of rotatable bonds is 3. The highest BCUT2D eigenvalue weighted by Gasteiger charge is 2.51. The molecular weight excluding hydrogens is 168 g/mol. The molecule has 0 aliphatic carbocycles. The van der Waals surface area contributed by atoms with Crippen molar-refractivity contribution in [3.63, 3.8) is 0 Å². The van der Waals surface area contributed by atoms with Crippen molar-refractivity contribution in [2.75, 3.05) is 0 Å². The molecule has 0 rings (SSSR count). The van der Waals surface area contributed by atoms with Gasteiger partial charge in [0.25, 0.3) is 0 Å². The van der Waals surface area contributed by atoms with Gasteiger partial charge in [-0.2, -0.15) is 0 Å². The third-order valence-corrected chi connectivity index (χ3v) is 3.63. The molecule has 0 amide bonds. The molecule has 0 bridgehead atoms. The van der Waals surface area contributed by atoms with Gasteiger partial charge in [0.1, 0.15) is 0 Å². The maximum Gasteiger partial charge on any atom is 0.309 e. The lowest BCUT2D eigenvalue weighted by molar-refractivity contribution is -0.168. The molecule has 78 valence electrons. The van der Waals surface area contributed by atoms with Crippen molar-refractivity contribution in [2.24, 2.45) is 10.8 Å². The molecule has 13 heavy (non-hydrogen) atoms. The van der Waals surface area contributed by atoms with Crippen molar-refractivity contribution in [3.8, 4) is 0 Å². The molecule has 0 aromatic carbocycles. The van der Waals surface area contributed by atoms with Gasteiger partial charge in [-0.15, -0.1) is 0 Å². The van der Waals surface area contributed by atoms with E-state index in [4.69, 9.17) is 5.11 Å². The summed E-state index contributed by atoms with van der Waals surface area (Å²) in [6.07, 6.45) is 0. The molecule has 0 unspecified atom stereocenters. The van der Waals surface area contributed by atoms with Crippen molar-refractivity contribution >= 4 is 5.97 Å². The van der Waals surface area contributed by atoms with Gasteiger partial charge in [0.2, 0.25) is 0 Å². The molecule has 0 aliphatic heterocycles. The Morgan fingerprint density at radius 2 is 1.31 bits per heavy atom. The number of hydrogen-bond donors (Lipinski definition) is 2. The SMILES string of the molecule is CC(C)(O)C(C)(C)C(C)(C)C(=O)O. The van der Waals surface area contributed by atoms with Gasteiger partial charge < -0.3 is 10.2 Å². The van der Waals surface area contributed by atoms with Crippen molar-refractivity contribution < 1.29 is 15.0 Å². The first kappa shape index (κ1) is 12.4. The number of hydrogen-bond acceptors (Lipinski definition) is 2. The van der Waals surface area contributed by atoms with Crippen LogP contribution in [0.1, 0.15) is 41.5 Å². The lowest BCUT2D eigenvalue weighted by Crippen LogP contribution is -2.52. The summed E-state index contributed by atoms with van der Waals surface area (Å²) >= 11 is 0. The van der Waals surface area contributed by atoms with Crippen LogP contribution in [-0.4, -0.2) is 21.8 Å². The largest absolute Gasteiger partial charge is 0.481 e. The van der Waals surface area contributed by atoms with Gasteiger partial charge in [0.15, 0.2) is 0 Å². The van der Waals surface area contributed by atoms with Crippen LogP contribution in [0.3, 0.4) is 0 Å². The Balaban J connectivity index is 5.16. The quantitative estimate of drug-likeness (QED) is 0.711. The molecule has 0 saturated carbocycles. The van der Waals surface area contributed by atoms with Gasteiger partial charge in [-0.1, -0.05) is 13.8 Å². The molecule has 0 radical (unpaired) electrons. The zero-order valence-electron chi connectivity index (χ0n) is 9.30. The zero-order chi connectivity index (χ0) is 11.1. The molecule has 0 aliphatic rings. The van der Waals surface area contributed by atoms with Crippen LogP contribution < -0.4 is 0 Å². The minimum absolute atomic E-state index is 0.689. The molecule has 0 aromatic heterocycles. The van der Waals surface area contributed by atoms with Crippen LogP contribution in [0.15, 0.2) is 0 Å². The summed E-state index contributed by atoms with van der Waals surface area (Å²) in [5.41, 5.74) is -2.66. The smallest absolute Gasteiger partial charge is 0.309 e. The first-order valence-electron chi connectivity index (χ1n) is 4.40. The van der Waals surface area contributed by atoms with E-state index in [0.717, 1.165) is 0 Å². The summed E-state index contributed by atoms with van der Waals surface area (Å²) in [6.45, 7) is 10.1. The fourth-order valence-corrected chi connectivity index (χ4v) is 1.03. The molecule has 0 atom stereocenters. The molecule has 3 nitrogen and oxygen atoms in total. The Hall–Kier alpha value is -0.570. The fraction of sp³-hybridized carbons (Fsp3) is 0.900. The van der Waals surface area contributed by atoms with E-state index in [-0.39, 0.29) is 0 Å².